The molecule has 0 spiro atoms. The third-order valence-electron chi connectivity index (χ3n) is 4.12. The van der Waals surface area contributed by atoms with Crippen molar-refractivity contribution < 1.29 is 9.59 Å². The second-order valence-corrected chi connectivity index (χ2v) is 6.89. The van der Waals surface area contributed by atoms with Crippen LogP contribution in [0.3, 0.4) is 0 Å². The van der Waals surface area contributed by atoms with Gasteiger partial charge in [0.25, 0.3) is 0 Å². The van der Waals surface area contributed by atoms with E-state index >= 15 is 0 Å². The molecule has 1 saturated carbocycles. The normalized spacial score (nSPS) is 27.1. The summed E-state index contributed by atoms with van der Waals surface area (Å²) in [6.07, 6.45) is 2.11. The first-order valence-corrected chi connectivity index (χ1v) is 8.14. The van der Waals surface area contributed by atoms with Gasteiger partial charge in [-0.15, -0.1) is 0 Å². The summed E-state index contributed by atoms with van der Waals surface area (Å²) in [5, 5.41) is 6.98. The second kappa shape index (κ2) is 5.20. The van der Waals surface area contributed by atoms with Crippen LogP contribution in [-0.2, 0) is 16.1 Å². The van der Waals surface area contributed by atoms with E-state index in [9.17, 15) is 9.59 Å². The van der Waals surface area contributed by atoms with Crippen molar-refractivity contribution >= 4 is 23.2 Å². The molecule has 1 N–H and O–H groups in total. The summed E-state index contributed by atoms with van der Waals surface area (Å²) in [6.45, 7) is 4.51. The molecule has 5 heteroatoms. The molecule has 1 aromatic rings. The van der Waals surface area contributed by atoms with Crippen molar-refractivity contribution in [1.82, 2.24) is 10.2 Å². The Morgan fingerprint density at radius 3 is 2.70 bits per heavy atom. The lowest BCUT2D eigenvalue weighted by atomic mass is 9.95. The Morgan fingerprint density at radius 2 is 2.15 bits per heavy atom. The maximum absolute atomic E-state index is 12.7. The molecule has 108 valence electrons. The van der Waals surface area contributed by atoms with E-state index in [1.807, 2.05) is 35.6 Å². The van der Waals surface area contributed by atoms with Gasteiger partial charge in [-0.05, 0) is 47.1 Å². The molecule has 2 atom stereocenters. The Labute approximate surface area is 123 Å². The minimum Gasteiger partial charge on any atom is -0.342 e. The lowest BCUT2D eigenvalue weighted by Crippen LogP contribution is -2.65. The molecule has 1 saturated heterocycles. The summed E-state index contributed by atoms with van der Waals surface area (Å²) in [5.74, 6) is 0.575. The second-order valence-electron chi connectivity index (χ2n) is 6.11. The van der Waals surface area contributed by atoms with E-state index in [2.05, 4.69) is 5.32 Å². The van der Waals surface area contributed by atoms with E-state index in [1.54, 1.807) is 11.3 Å². The number of hydrogen-bond acceptors (Lipinski definition) is 3. The van der Waals surface area contributed by atoms with Crippen LogP contribution in [0.15, 0.2) is 16.8 Å². The smallest absolute Gasteiger partial charge is 0.246 e. The van der Waals surface area contributed by atoms with Crippen LogP contribution in [0.4, 0.5) is 0 Å². The number of amides is 2. The van der Waals surface area contributed by atoms with Gasteiger partial charge in [0.05, 0.1) is 0 Å². The largest absolute Gasteiger partial charge is 0.342 e. The Morgan fingerprint density at radius 1 is 1.40 bits per heavy atom. The summed E-state index contributed by atoms with van der Waals surface area (Å²) in [5.41, 5.74) is 1.12. The predicted molar refractivity (Wildman–Crippen MR) is 78.1 cm³/mol. The highest BCUT2D eigenvalue weighted by Gasteiger charge is 2.48. The molecule has 0 radical (unpaired) electrons. The number of piperazine rings is 1. The minimum absolute atomic E-state index is 0.0287. The molecule has 2 aliphatic rings. The van der Waals surface area contributed by atoms with Crippen LogP contribution in [0.1, 0.15) is 32.3 Å². The maximum atomic E-state index is 12.7. The molecular formula is C15H20N2O2S. The highest BCUT2D eigenvalue weighted by molar-refractivity contribution is 7.07. The average Bonchev–Trinajstić information content (AvgIpc) is 3.09. The molecule has 2 amide bonds. The van der Waals surface area contributed by atoms with Gasteiger partial charge >= 0.3 is 0 Å². The van der Waals surface area contributed by atoms with Crippen LogP contribution in [0, 0.1) is 11.8 Å². The van der Waals surface area contributed by atoms with Crippen LogP contribution < -0.4 is 5.32 Å². The number of nitrogens with zero attached hydrogens (tertiary/aromatic N) is 1. The first-order chi connectivity index (χ1) is 9.58. The number of carbonyl (C=O) groups excluding carboxylic acids is 2. The Bertz CT molecular complexity index is 508. The zero-order valence-electron chi connectivity index (χ0n) is 11.8. The molecule has 4 nitrogen and oxygen atoms in total. The lowest BCUT2D eigenvalue weighted by molar-refractivity contribution is -0.152. The van der Waals surface area contributed by atoms with E-state index in [4.69, 9.17) is 0 Å². The number of nitrogens with one attached hydrogen (secondary N) is 1. The van der Waals surface area contributed by atoms with E-state index in [0.29, 0.717) is 12.5 Å². The lowest BCUT2D eigenvalue weighted by Gasteiger charge is -2.40. The fourth-order valence-corrected chi connectivity index (χ4v) is 3.51. The number of carbonyl (C=O) groups is 2. The van der Waals surface area contributed by atoms with Gasteiger partial charge in [0.1, 0.15) is 12.1 Å². The minimum atomic E-state index is -0.379. The molecule has 2 heterocycles. The van der Waals surface area contributed by atoms with Crippen molar-refractivity contribution in [1.29, 1.82) is 0 Å². The van der Waals surface area contributed by atoms with Crippen LogP contribution >= 0.6 is 11.3 Å². The maximum Gasteiger partial charge on any atom is 0.246 e. The van der Waals surface area contributed by atoms with Gasteiger partial charge in [0.15, 0.2) is 0 Å². The summed E-state index contributed by atoms with van der Waals surface area (Å²) < 4.78 is 0. The first-order valence-electron chi connectivity index (χ1n) is 7.20. The zero-order valence-corrected chi connectivity index (χ0v) is 12.7. The summed E-state index contributed by atoms with van der Waals surface area (Å²) in [4.78, 5) is 26.9. The van der Waals surface area contributed by atoms with Gasteiger partial charge in [-0.3, -0.25) is 9.59 Å². The molecule has 1 aliphatic heterocycles. The Kier molecular flexibility index (Phi) is 3.54. The van der Waals surface area contributed by atoms with Crippen molar-refractivity contribution in [3.8, 4) is 0 Å². The van der Waals surface area contributed by atoms with Crippen LogP contribution in [0.2, 0.25) is 0 Å². The summed E-state index contributed by atoms with van der Waals surface area (Å²) in [7, 11) is 0. The summed E-state index contributed by atoms with van der Waals surface area (Å²) in [6, 6.07) is 1.38. The predicted octanol–water partition coefficient (Wildman–Crippen LogP) is 2.01. The SMILES string of the molecule is CC(C)C1NC(=O)C(C2CC2)N(Cc2ccsc2)C1=O. The molecule has 3 rings (SSSR count). The van der Waals surface area contributed by atoms with E-state index in [0.717, 1.165) is 18.4 Å². The van der Waals surface area contributed by atoms with E-state index in [-0.39, 0.29) is 29.8 Å². The first kappa shape index (κ1) is 13.6. The van der Waals surface area contributed by atoms with Gasteiger partial charge in [0, 0.05) is 6.54 Å². The van der Waals surface area contributed by atoms with Gasteiger partial charge in [-0.1, -0.05) is 13.8 Å². The van der Waals surface area contributed by atoms with Crippen LogP contribution in [0.5, 0.6) is 0 Å². The van der Waals surface area contributed by atoms with Gasteiger partial charge in [-0.25, -0.2) is 0 Å². The molecule has 2 unspecified atom stereocenters. The number of thiophene rings is 1. The molecule has 20 heavy (non-hydrogen) atoms. The van der Waals surface area contributed by atoms with Gasteiger partial charge in [0.2, 0.25) is 11.8 Å². The van der Waals surface area contributed by atoms with Gasteiger partial charge in [-0.2, -0.15) is 11.3 Å². The Hall–Kier alpha value is -1.36. The monoisotopic (exact) mass is 292 g/mol. The van der Waals surface area contributed by atoms with E-state index < -0.39 is 0 Å². The number of hydrogen-bond donors (Lipinski definition) is 1. The summed E-state index contributed by atoms with van der Waals surface area (Å²) >= 11 is 1.62. The molecule has 0 bridgehead atoms. The fourth-order valence-electron chi connectivity index (χ4n) is 2.85. The average molecular weight is 292 g/mol. The number of rotatable bonds is 4. The molecule has 1 aliphatic carbocycles. The zero-order chi connectivity index (χ0) is 14.3. The highest BCUT2D eigenvalue weighted by atomic mass is 32.1. The molecular weight excluding hydrogens is 272 g/mol. The van der Waals surface area contributed by atoms with Crippen molar-refractivity contribution in [2.24, 2.45) is 11.8 Å². The van der Waals surface area contributed by atoms with Crippen molar-refractivity contribution in [2.45, 2.75) is 45.3 Å². The third-order valence-corrected chi connectivity index (χ3v) is 4.85. The van der Waals surface area contributed by atoms with Crippen molar-refractivity contribution in [3.63, 3.8) is 0 Å². The molecule has 2 fully saturated rings. The van der Waals surface area contributed by atoms with Crippen LogP contribution in [-0.4, -0.2) is 28.8 Å². The fraction of sp³-hybridized carbons (Fsp3) is 0.600. The highest BCUT2D eigenvalue weighted by Crippen LogP contribution is 2.38. The topological polar surface area (TPSA) is 49.4 Å². The van der Waals surface area contributed by atoms with Gasteiger partial charge < -0.3 is 10.2 Å². The van der Waals surface area contributed by atoms with Crippen molar-refractivity contribution in [2.75, 3.05) is 0 Å². The van der Waals surface area contributed by atoms with Crippen LogP contribution in [0.25, 0.3) is 0 Å². The standard InChI is InChI=1S/C15H20N2O2S/c1-9(2)12-15(19)17(7-10-5-6-20-8-10)13(11-3-4-11)14(18)16-12/h5-6,8-9,11-13H,3-4,7H2,1-2H3,(H,16,18). The van der Waals surface area contributed by atoms with E-state index in [1.165, 1.54) is 0 Å². The quantitative estimate of drug-likeness (QED) is 0.923. The third kappa shape index (κ3) is 2.46. The molecule has 1 aromatic heterocycles. The Balaban J connectivity index is 1.86. The van der Waals surface area contributed by atoms with Crippen molar-refractivity contribution in [3.05, 3.63) is 22.4 Å². The molecule has 0 aromatic carbocycles.